The summed E-state index contributed by atoms with van der Waals surface area (Å²) in [7, 11) is 0. The van der Waals surface area contributed by atoms with Crippen molar-refractivity contribution in [1.82, 2.24) is 0 Å². The lowest BCUT2D eigenvalue weighted by molar-refractivity contribution is -0.138. The Morgan fingerprint density at radius 2 is 1.44 bits per heavy atom. The van der Waals surface area contributed by atoms with Gasteiger partial charge in [-0.3, -0.25) is 0 Å². The van der Waals surface area contributed by atoms with Gasteiger partial charge in [-0.15, -0.1) is 0 Å². The molecule has 0 aliphatic heterocycles. The molecule has 0 unspecified atom stereocenters. The molecule has 2 heteroatoms. The molecule has 0 bridgehead atoms. The second-order valence-corrected chi connectivity index (χ2v) is 5.59. The molecular weight excluding hydrogens is 224 g/mol. The molecule has 0 N–H and O–H groups in total. The van der Waals surface area contributed by atoms with Gasteiger partial charge in [0, 0.05) is 5.57 Å². The van der Waals surface area contributed by atoms with Gasteiger partial charge in [0.1, 0.15) is 0 Å². The van der Waals surface area contributed by atoms with E-state index in [9.17, 15) is 4.79 Å². The van der Waals surface area contributed by atoms with Crippen molar-refractivity contribution >= 4 is 5.97 Å². The minimum absolute atomic E-state index is 0.312. The molecule has 2 fully saturated rings. The molecule has 2 rings (SSSR count). The average Bonchev–Trinajstić information content (AvgIpc) is 3.02. The van der Waals surface area contributed by atoms with Crippen molar-refractivity contribution < 1.29 is 9.53 Å². The standard InChI is InChI=1S/C10H18.C6H10O2/c1-2-6-9(5-1)10-7-3-4-8-10;1-4-8-6(7)5(2)3/h9-10H,1-8H2;2,4H2,1,3H3. The third kappa shape index (κ3) is 5.24. The van der Waals surface area contributed by atoms with Gasteiger partial charge in [0.15, 0.2) is 0 Å². The second-order valence-electron chi connectivity index (χ2n) is 5.59. The van der Waals surface area contributed by atoms with Crippen molar-refractivity contribution in [2.24, 2.45) is 11.8 Å². The van der Waals surface area contributed by atoms with Crippen LogP contribution in [0, 0.1) is 11.8 Å². The van der Waals surface area contributed by atoms with Crippen molar-refractivity contribution in [3.63, 3.8) is 0 Å². The molecule has 0 atom stereocenters. The van der Waals surface area contributed by atoms with Crippen LogP contribution in [0.5, 0.6) is 0 Å². The Labute approximate surface area is 112 Å². The number of ether oxygens (including phenoxy) is 1. The summed E-state index contributed by atoms with van der Waals surface area (Å²) in [6.07, 6.45) is 12.4. The molecule has 0 heterocycles. The minimum atomic E-state index is -0.312. The van der Waals surface area contributed by atoms with E-state index in [0.29, 0.717) is 12.2 Å². The van der Waals surface area contributed by atoms with E-state index in [0.717, 1.165) is 11.8 Å². The predicted octanol–water partition coefficient (Wildman–Crippen LogP) is 4.49. The zero-order valence-electron chi connectivity index (χ0n) is 12.0. The molecule has 0 spiro atoms. The number of hydrogen-bond donors (Lipinski definition) is 0. The summed E-state index contributed by atoms with van der Waals surface area (Å²) in [5.74, 6) is 2.00. The molecule has 0 aromatic carbocycles. The summed E-state index contributed by atoms with van der Waals surface area (Å²) in [5.41, 5.74) is 0.451. The van der Waals surface area contributed by atoms with Crippen molar-refractivity contribution in [2.45, 2.75) is 65.2 Å². The van der Waals surface area contributed by atoms with Crippen LogP contribution in [-0.4, -0.2) is 12.6 Å². The van der Waals surface area contributed by atoms with Crippen molar-refractivity contribution in [3.05, 3.63) is 12.2 Å². The highest BCUT2D eigenvalue weighted by atomic mass is 16.5. The van der Waals surface area contributed by atoms with E-state index >= 15 is 0 Å². The van der Waals surface area contributed by atoms with Crippen LogP contribution in [0.15, 0.2) is 12.2 Å². The molecule has 0 aromatic rings. The zero-order chi connectivity index (χ0) is 13.4. The van der Waals surface area contributed by atoms with Crippen LogP contribution in [0.4, 0.5) is 0 Å². The van der Waals surface area contributed by atoms with Crippen LogP contribution in [-0.2, 0) is 9.53 Å². The maximum atomic E-state index is 10.4. The highest BCUT2D eigenvalue weighted by molar-refractivity contribution is 5.86. The molecule has 2 aliphatic carbocycles. The van der Waals surface area contributed by atoms with Crippen molar-refractivity contribution in [1.29, 1.82) is 0 Å². The number of carbonyl (C=O) groups is 1. The molecule has 2 saturated carbocycles. The van der Waals surface area contributed by atoms with E-state index in [1.807, 2.05) is 0 Å². The molecule has 2 aliphatic rings. The number of esters is 1. The topological polar surface area (TPSA) is 26.3 Å². The minimum Gasteiger partial charge on any atom is -0.463 e. The van der Waals surface area contributed by atoms with Crippen LogP contribution in [0.2, 0.25) is 0 Å². The SMILES string of the molecule is C1CCC(C2CCCC2)C1.C=C(C)C(=O)OCC. The Morgan fingerprint density at radius 3 is 1.67 bits per heavy atom. The van der Waals surface area contributed by atoms with E-state index in [2.05, 4.69) is 11.3 Å². The maximum Gasteiger partial charge on any atom is 0.333 e. The van der Waals surface area contributed by atoms with Gasteiger partial charge in [0.2, 0.25) is 0 Å². The summed E-state index contributed by atoms with van der Waals surface area (Å²) < 4.78 is 4.56. The van der Waals surface area contributed by atoms with Gasteiger partial charge in [-0.05, 0) is 25.7 Å². The van der Waals surface area contributed by atoms with E-state index < -0.39 is 0 Å². The fourth-order valence-electron chi connectivity index (χ4n) is 3.11. The molecule has 104 valence electrons. The molecule has 0 aromatic heterocycles. The van der Waals surface area contributed by atoms with Gasteiger partial charge >= 0.3 is 5.97 Å². The Hall–Kier alpha value is -0.790. The zero-order valence-corrected chi connectivity index (χ0v) is 12.0. The van der Waals surface area contributed by atoms with E-state index in [-0.39, 0.29) is 5.97 Å². The fraction of sp³-hybridized carbons (Fsp3) is 0.812. The summed E-state index contributed by atoms with van der Waals surface area (Å²) >= 11 is 0. The van der Waals surface area contributed by atoms with E-state index in [1.165, 1.54) is 25.7 Å². The molecule has 0 radical (unpaired) electrons. The fourth-order valence-corrected chi connectivity index (χ4v) is 3.11. The Bertz CT molecular complexity index is 244. The van der Waals surface area contributed by atoms with Gasteiger partial charge in [-0.2, -0.15) is 0 Å². The Kier molecular flexibility index (Phi) is 7.07. The van der Waals surface area contributed by atoms with Crippen LogP contribution in [0.1, 0.15) is 65.2 Å². The molecular formula is C16H28O2. The van der Waals surface area contributed by atoms with Gasteiger partial charge in [-0.25, -0.2) is 4.79 Å². The molecule has 0 amide bonds. The Morgan fingerprint density at radius 1 is 1.06 bits per heavy atom. The van der Waals surface area contributed by atoms with Crippen molar-refractivity contribution in [3.8, 4) is 0 Å². The maximum absolute atomic E-state index is 10.4. The summed E-state index contributed by atoms with van der Waals surface area (Å²) in [5, 5.41) is 0. The largest absolute Gasteiger partial charge is 0.463 e. The van der Waals surface area contributed by atoms with Crippen LogP contribution < -0.4 is 0 Å². The highest BCUT2D eigenvalue weighted by Crippen LogP contribution is 2.39. The molecule has 18 heavy (non-hydrogen) atoms. The summed E-state index contributed by atoms with van der Waals surface area (Å²) in [6, 6.07) is 0. The average molecular weight is 252 g/mol. The smallest absolute Gasteiger partial charge is 0.333 e. The first-order valence-corrected chi connectivity index (χ1v) is 7.47. The summed E-state index contributed by atoms with van der Waals surface area (Å²) in [4.78, 5) is 10.4. The van der Waals surface area contributed by atoms with Crippen molar-refractivity contribution in [2.75, 3.05) is 6.61 Å². The quantitative estimate of drug-likeness (QED) is 0.546. The van der Waals surface area contributed by atoms with Gasteiger partial charge in [0.25, 0.3) is 0 Å². The lowest BCUT2D eigenvalue weighted by atomic mass is 9.90. The van der Waals surface area contributed by atoms with Crippen LogP contribution >= 0.6 is 0 Å². The number of rotatable bonds is 3. The van der Waals surface area contributed by atoms with Crippen LogP contribution in [0.3, 0.4) is 0 Å². The lowest BCUT2D eigenvalue weighted by Crippen LogP contribution is -2.06. The first kappa shape index (κ1) is 15.3. The first-order chi connectivity index (χ1) is 8.65. The van der Waals surface area contributed by atoms with E-state index in [4.69, 9.17) is 0 Å². The lowest BCUT2D eigenvalue weighted by Gasteiger charge is -2.16. The number of carbonyl (C=O) groups excluding carboxylic acids is 1. The third-order valence-corrected chi connectivity index (χ3v) is 4.09. The van der Waals surface area contributed by atoms with Crippen LogP contribution in [0.25, 0.3) is 0 Å². The second kappa shape index (κ2) is 8.34. The van der Waals surface area contributed by atoms with Gasteiger partial charge < -0.3 is 4.74 Å². The monoisotopic (exact) mass is 252 g/mol. The Balaban J connectivity index is 0.000000187. The predicted molar refractivity (Wildman–Crippen MR) is 75.4 cm³/mol. The number of hydrogen-bond acceptors (Lipinski definition) is 2. The normalized spacial score (nSPS) is 20.3. The van der Waals surface area contributed by atoms with E-state index in [1.54, 1.807) is 39.5 Å². The van der Waals surface area contributed by atoms with Gasteiger partial charge in [0.05, 0.1) is 6.61 Å². The molecule has 2 nitrogen and oxygen atoms in total. The van der Waals surface area contributed by atoms with Gasteiger partial charge in [-0.1, -0.05) is 57.9 Å². The third-order valence-electron chi connectivity index (χ3n) is 4.09. The summed E-state index contributed by atoms with van der Waals surface area (Å²) in [6.45, 7) is 7.21. The molecule has 0 saturated heterocycles. The highest BCUT2D eigenvalue weighted by Gasteiger charge is 2.26. The first-order valence-electron chi connectivity index (χ1n) is 7.47.